The van der Waals surface area contributed by atoms with Gasteiger partial charge in [0, 0.05) is 46.9 Å². The fourth-order valence-corrected chi connectivity index (χ4v) is 3.40. The highest BCUT2D eigenvalue weighted by atomic mass is 32.2. The van der Waals surface area contributed by atoms with E-state index in [4.69, 9.17) is 4.74 Å². The van der Waals surface area contributed by atoms with Crippen molar-refractivity contribution in [2.75, 3.05) is 65.9 Å². The third-order valence-electron chi connectivity index (χ3n) is 3.21. The zero-order valence-corrected chi connectivity index (χ0v) is 13.7. The van der Waals surface area contributed by atoms with Crippen molar-refractivity contribution in [2.24, 2.45) is 0 Å². The molecular formula is C12H23N3O6S. The molecule has 0 aromatic rings. The molecular weight excluding hydrogens is 314 g/mol. The van der Waals surface area contributed by atoms with Gasteiger partial charge in [0.2, 0.25) is 21.8 Å². The molecule has 0 spiro atoms. The van der Waals surface area contributed by atoms with Gasteiger partial charge in [-0.15, -0.1) is 0 Å². The normalized spacial score (nSPS) is 16.5. The van der Waals surface area contributed by atoms with Crippen LogP contribution in [-0.2, 0) is 29.1 Å². The van der Waals surface area contributed by atoms with Crippen molar-refractivity contribution in [2.45, 2.75) is 0 Å². The quantitative estimate of drug-likeness (QED) is 0.542. The van der Waals surface area contributed by atoms with E-state index in [1.807, 2.05) is 0 Å². The van der Waals surface area contributed by atoms with E-state index in [0.717, 1.165) is 0 Å². The van der Waals surface area contributed by atoms with Gasteiger partial charge in [0.15, 0.2) is 0 Å². The van der Waals surface area contributed by atoms with Crippen LogP contribution in [0.1, 0.15) is 0 Å². The zero-order chi connectivity index (χ0) is 16.6. The zero-order valence-electron chi connectivity index (χ0n) is 12.9. The van der Waals surface area contributed by atoms with Gasteiger partial charge in [-0.3, -0.25) is 9.59 Å². The fourth-order valence-electron chi connectivity index (χ4n) is 2.06. The summed E-state index contributed by atoms with van der Waals surface area (Å²) in [6.07, 6.45) is 0. The lowest BCUT2D eigenvalue weighted by Gasteiger charge is -2.33. The van der Waals surface area contributed by atoms with Crippen LogP contribution in [0, 0.1) is 0 Å². The second kappa shape index (κ2) is 9.03. The van der Waals surface area contributed by atoms with E-state index in [1.165, 1.54) is 18.5 Å². The Labute approximate surface area is 130 Å². The number of piperazine rings is 1. The smallest absolute Gasteiger partial charge is 0.248 e. The van der Waals surface area contributed by atoms with Crippen molar-refractivity contribution in [1.82, 2.24) is 14.5 Å². The summed E-state index contributed by atoms with van der Waals surface area (Å²) in [5.74, 6) is -0.673. The monoisotopic (exact) mass is 337 g/mol. The summed E-state index contributed by atoms with van der Waals surface area (Å²) in [5, 5.41) is 2.47. The number of hydrogen-bond acceptors (Lipinski definition) is 6. The highest BCUT2D eigenvalue weighted by Gasteiger charge is 2.28. The van der Waals surface area contributed by atoms with Gasteiger partial charge in [-0.1, -0.05) is 0 Å². The number of rotatable bonds is 8. The SMILES string of the molecule is COCC(=O)NCCS(=O)(=O)N1CCN(C(=O)COC)CC1. The molecule has 1 N–H and O–H groups in total. The number of carbonyl (C=O) groups excluding carboxylic acids is 2. The summed E-state index contributed by atoms with van der Waals surface area (Å²) >= 11 is 0. The molecule has 0 saturated carbocycles. The summed E-state index contributed by atoms with van der Waals surface area (Å²) in [6.45, 7) is 1.13. The maximum Gasteiger partial charge on any atom is 0.248 e. The molecule has 128 valence electrons. The fraction of sp³-hybridized carbons (Fsp3) is 0.833. The molecule has 1 heterocycles. The molecule has 1 aliphatic heterocycles. The number of ether oxygens (including phenoxy) is 2. The molecule has 0 bridgehead atoms. The molecule has 1 saturated heterocycles. The Morgan fingerprint density at radius 2 is 1.64 bits per heavy atom. The average molecular weight is 337 g/mol. The molecule has 0 aromatic carbocycles. The Kier molecular flexibility index (Phi) is 7.73. The molecule has 1 fully saturated rings. The van der Waals surface area contributed by atoms with Crippen LogP contribution in [-0.4, -0.2) is 95.3 Å². The molecule has 0 radical (unpaired) electrons. The molecule has 1 aliphatic rings. The van der Waals surface area contributed by atoms with Crippen LogP contribution in [0.5, 0.6) is 0 Å². The summed E-state index contributed by atoms with van der Waals surface area (Å²) in [7, 11) is -0.616. The summed E-state index contributed by atoms with van der Waals surface area (Å²) in [4.78, 5) is 24.4. The van der Waals surface area contributed by atoms with E-state index >= 15 is 0 Å². The van der Waals surface area contributed by atoms with E-state index in [-0.39, 0.29) is 50.4 Å². The lowest BCUT2D eigenvalue weighted by molar-refractivity contribution is -0.136. The van der Waals surface area contributed by atoms with E-state index in [0.29, 0.717) is 13.1 Å². The molecule has 0 aliphatic carbocycles. The number of methoxy groups -OCH3 is 2. The summed E-state index contributed by atoms with van der Waals surface area (Å²) in [5.41, 5.74) is 0. The standard InChI is InChI=1S/C12H23N3O6S/c1-20-9-11(16)13-3-8-22(18,19)15-6-4-14(5-7-15)12(17)10-21-2/h3-10H2,1-2H3,(H,13,16). The average Bonchev–Trinajstić information content (AvgIpc) is 2.47. The molecule has 1 rings (SSSR count). The van der Waals surface area contributed by atoms with Crippen molar-refractivity contribution >= 4 is 21.8 Å². The van der Waals surface area contributed by atoms with E-state index in [1.54, 1.807) is 4.90 Å². The van der Waals surface area contributed by atoms with E-state index in [2.05, 4.69) is 10.1 Å². The first-order chi connectivity index (χ1) is 10.4. The van der Waals surface area contributed by atoms with Gasteiger partial charge in [0.1, 0.15) is 13.2 Å². The Bertz CT molecular complexity index is 473. The lowest BCUT2D eigenvalue weighted by atomic mass is 10.3. The minimum atomic E-state index is -3.45. The van der Waals surface area contributed by atoms with Crippen LogP contribution in [0.2, 0.25) is 0 Å². The molecule has 22 heavy (non-hydrogen) atoms. The first-order valence-electron chi connectivity index (χ1n) is 6.91. The predicted octanol–water partition coefficient (Wildman–Crippen LogP) is -2.13. The van der Waals surface area contributed by atoms with Gasteiger partial charge in [0.25, 0.3) is 0 Å². The third-order valence-corrected chi connectivity index (χ3v) is 5.08. The number of nitrogens with one attached hydrogen (secondary N) is 1. The second-order valence-electron chi connectivity index (χ2n) is 4.81. The first kappa shape index (κ1) is 18.8. The van der Waals surface area contributed by atoms with Crippen molar-refractivity contribution in [1.29, 1.82) is 0 Å². The van der Waals surface area contributed by atoms with Crippen LogP contribution >= 0.6 is 0 Å². The predicted molar refractivity (Wildman–Crippen MR) is 78.7 cm³/mol. The van der Waals surface area contributed by atoms with Gasteiger partial charge in [0.05, 0.1) is 5.75 Å². The minimum Gasteiger partial charge on any atom is -0.375 e. The topological polar surface area (TPSA) is 105 Å². The Morgan fingerprint density at radius 3 is 2.18 bits per heavy atom. The van der Waals surface area contributed by atoms with Crippen LogP contribution < -0.4 is 5.32 Å². The molecule has 9 nitrogen and oxygen atoms in total. The summed E-state index contributed by atoms with van der Waals surface area (Å²) in [6, 6.07) is 0. The number of nitrogens with zero attached hydrogens (tertiary/aromatic N) is 2. The Balaban J connectivity index is 2.38. The molecule has 10 heteroatoms. The van der Waals surface area contributed by atoms with Crippen molar-refractivity contribution < 1.29 is 27.5 Å². The number of hydrogen-bond donors (Lipinski definition) is 1. The van der Waals surface area contributed by atoms with Crippen molar-refractivity contribution in [3.63, 3.8) is 0 Å². The Morgan fingerprint density at radius 1 is 1.05 bits per heavy atom. The van der Waals surface area contributed by atoms with Crippen molar-refractivity contribution in [3.8, 4) is 0 Å². The van der Waals surface area contributed by atoms with Gasteiger partial charge >= 0.3 is 0 Å². The number of carbonyl (C=O) groups is 2. The second-order valence-corrected chi connectivity index (χ2v) is 6.90. The minimum absolute atomic E-state index is 0.00171. The van der Waals surface area contributed by atoms with Crippen LogP contribution in [0.25, 0.3) is 0 Å². The van der Waals surface area contributed by atoms with Crippen molar-refractivity contribution in [3.05, 3.63) is 0 Å². The highest BCUT2D eigenvalue weighted by Crippen LogP contribution is 2.08. The Hall–Kier alpha value is -1.23. The van der Waals surface area contributed by atoms with Gasteiger partial charge in [-0.25, -0.2) is 8.42 Å². The third kappa shape index (κ3) is 5.87. The molecule has 0 aromatic heterocycles. The maximum absolute atomic E-state index is 12.1. The highest BCUT2D eigenvalue weighted by molar-refractivity contribution is 7.89. The van der Waals surface area contributed by atoms with Crippen LogP contribution in [0.4, 0.5) is 0 Å². The summed E-state index contributed by atoms with van der Waals surface area (Å²) < 4.78 is 35.0. The first-order valence-corrected chi connectivity index (χ1v) is 8.52. The largest absolute Gasteiger partial charge is 0.375 e. The maximum atomic E-state index is 12.1. The van der Waals surface area contributed by atoms with Gasteiger partial charge < -0.3 is 19.7 Å². The number of sulfonamides is 1. The van der Waals surface area contributed by atoms with E-state index in [9.17, 15) is 18.0 Å². The van der Waals surface area contributed by atoms with E-state index < -0.39 is 10.0 Å². The van der Waals surface area contributed by atoms with Crippen LogP contribution in [0.3, 0.4) is 0 Å². The van der Waals surface area contributed by atoms with Crippen LogP contribution in [0.15, 0.2) is 0 Å². The number of amides is 2. The van der Waals surface area contributed by atoms with Gasteiger partial charge in [-0.05, 0) is 0 Å². The van der Waals surface area contributed by atoms with Gasteiger partial charge in [-0.2, -0.15) is 4.31 Å². The molecule has 2 amide bonds. The molecule has 0 unspecified atom stereocenters. The lowest BCUT2D eigenvalue weighted by Crippen LogP contribution is -2.52. The molecule has 0 atom stereocenters.